The molecule has 20 heavy (non-hydrogen) atoms. The zero-order chi connectivity index (χ0) is 15.8. The van der Waals surface area contributed by atoms with E-state index >= 15 is 0 Å². The van der Waals surface area contributed by atoms with Gasteiger partial charge in [0.25, 0.3) is 0 Å². The van der Waals surface area contributed by atoms with Gasteiger partial charge in [-0.25, -0.2) is 0 Å². The monoisotopic (exact) mass is 285 g/mol. The van der Waals surface area contributed by atoms with Crippen LogP contribution in [-0.2, 0) is 9.59 Å². The minimum absolute atomic E-state index is 0.00239. The van der Waals surface area contributed by atoms with Gasteiger partial charge in [0.2, 0.25) is 11.8 Å². The van der Waals surface area contributed by atoms with Gasteiger partial charge in [-0.3, -0.25) is 9.59 Å². The van der Waals surface area contributed by atoms with Crippen molar-refractivity contribution in [3.05, 3.63) is 0 Å². The van der Waals surface area contributed by atoms with Crippen molar-refractivity contribution in [3.8, 4) is 0 Å². The van der Waals surface area contributed by atoms with E-state index in [9.17, 15) is 9.59 Å². The molecule has 0 aliphatic heterocycles. The molecule has 0 saturated heterocycles. The SMILES string of the molecule is CC(C)CCNC(=O)C(C)NCCC(=O)NC(C)(C)C. The van der Waals surface area contributed by atoms with Crippen LogP contribution in [0.3, 0.4) is 0 Å². The summed E-state index contributed by atoms with van der Waals surface area (Å²) in [5.41, 5.74) is -0.211. The molecule has 0 rings (SSSR count). The molecule has 0 aromatic rings. The van der Waals surface area contributed by atoms with E-state index in [1.165, 1.54) is 0 Å². The van der Waals surface area contributed by atoms with Crippen LogP contribution in [0.5, 0.6) is 0 Å². The smallest absolute Gasteiger partial charge is 0.236 e. The molecule has 1 atom stereocenters. The van der Waals surface area contributed by atoms with Gasteiger partial charge in [0, 0.05) is 25.0 Å². The van der Waals surface area contributed by atoms with Crippen LogP contribution in [0.2, 0.25) is 0 Å². The first kappa shape index (κ1) is 18.9. The molecule has 0 aliphatic carbocycles. The highest BCUT2D eigenvalue weighted by atomic mass is 16.2. The van der Waals surface area contributed by atoms with Crippen LogP contribution in [0.25, 0.3) is 0 Å². The molecule has 5 nitrogen and oxygen atoms in total. The van der Waals surface area contributed by atoms with Crippen molar-refractivity contribution in [1.29, 1.82) is 0 Å². The highest BCUT2D eigenvalue weighted by molar-refractivity contribution is 5.81. The van der Waals surface area contributed by atoms with E-state index in [0.29, 0.717) is 25.4 Å². The topological polar surface area (TPSA) is 70.2 Å². The van der Waals surface area contributed by atoms with Gasteiger partial charge in [-0.2, -0.15) is 0 Å². The van der Waals surface area contributed by atoms with E-state index in [1.54, 1.807) is 0 Å². The normalized spacial score (nSPS) is 13.2. The first-order chi connectivity index (χ1) is 9.11. The summed E-state index contributed by atoms with van der Waals surface area (Å²) >= 11 is 0. The molecule has 0 heterocycles. The molecule has 0 radical (unpaired) electrons. The molecule has 2 amide bonds. The van der Waals surface area contributed by atoms with Crippen LogP contribution in [-0.4, -0.2) is 36.5 Å². The summed E-state index contributed by atoms with van der Waals surface area (Å²) in [6.45, 7) is 13.1. The number of carbonyl (C=O) groups excluding carboxylic acids is 2. The number of rotatable bonds is 8. The third kappa shape index (κ3) is 10.8. The number of amides is 2. The van der Waals surface area contributed by atoms with Crippen molar-refractivity contribution in [3.63, 3.8) is 0 Å². The Hall–Kier alpha value is -1.10. The fourth-order valence-corrected chi connectivity index (χ4v) is 1.61. The summed E-state index contributed by atoms with van der Waals surface area (Å²) < 4.78 is 0. The molecular weight excluding hydrogens is 254 g/mol. The molecular formula is C15H31N3O2. The second kappa shape index (κ2) is 8.95. The molecule has 3 N–H and O–H groups in total. The lowest BCUT2D eigenvalue weighted by molar-refractivity contribution is -0.124. The minimum atomic E-state index is -0.274. The van der Waals surface area contributed by atoms with Crippen LogP contribution >= 0.6 is 0 Å². The summed E-state index contributed by atoms with van der Waals surface area (Å²) in [7, 11) is 0. The Kier molecular flexibility index (Phi) is 8.46. The maximum absolute atomic E-state index is 11.8. The van der Waals surface area contributed by atoms with E-state index in [0.717, 1.165) is 6.42 Å². The second-order valence-corrected chi connectivity index (χ2v) is 6.70. The predicted octanol–water partition coefficient (Wildman–Crippen LogP) is 1.43. The van der Waals surface area contributed by atoms with Gasteiger partial charge in [-0.1, -0.05) is 13.8 Å². The molecule has 0 saturated carbocycles. The van der Waals surface area contributed by atoms with E-state index < -0.39 is 0 Å². The zero-order valence-electron chi connectivity index (χ0n) is 13.8. The van der Waals surface area contributed by atoms with Crippen LogP contribution in [0, 0.1) is 5.92 Å². The Morgan fingerprint density at radius 2 is 1.65 bits per heavy atom. The third-order valence-electron chi connectivity index (χ3n) is 2.73. The average Bonchev–Trinajstić information content (AvgIpc) is 2.25. The lowest BCUT2D eigenvalue weighted by Gasteiger charge is -2.21. The molecule has 0 bridgehead atoms. The minimum Gasteiger partial charge on any atom is -0.355 e. The number of nitrogens with one attached hydrogen (secondary N) is 3. The largest absolute Gasteiger partial charge is 0.355 e. The van der Waals surface area contributed by atoms with E-state index in [4.69, 9.17) is 0 Å². The first-order valence-corrected chi connectivity index (χ1v) is 7.44. The summed E-state index contributed by atoms with van der Waals surface area (Å²) in [6, 6.07) is -0.274. The van der Waals surface area contributed by atoms with Crippen molar-refractivity contribution in [2.24, 2.45) is 5.92 Å². The maximum Gasteiger partial charge on any atom is 0.236 e. The van der Waals surface area contributed by atoms with E-state index in [-0.39, 0.29) is 23.4 Å². The maximum atomic E-state index is 11.8. The number of hydrogen-bond donors (Lipinski definition) is 3. The molecule has 0 aromatic heterocycles. The highest BCUT2D eigenvalue weighted by Gasteiger charge is 2.15. The van der Waals surface area contributed by atoms with Crippen LogP contribution in [0.1, 0.15) is 54.4 Å². The van der Waals surface area contributed by atoms with Crippen LogP contribution in [0.4, 0.5) is 0 Å². The van der Waals surface area contributed by atoms with Crippen molar-refractivity contribution in [2.75, 3.05) is 13.1 Å². The fourth-order valence-electron chi connectivity index (χ4n) is 1.61. The number of carbonyl (C=O) groups is 2. The van der Waals surface area contributed by atoms with Gasteiger partial charge in [0.05, 0.1) is 6.04 Å². The van der Waals surface area contributed by atoms with Gasteiger partial charge < -0.3 is 16.0 Å². The Balaban J connectivity index is 3.79. The first-order valence-electron chi connectivity index (χ1n) is 7.44. The molecule has 0 aromatic carbocycles. The molecule has 118 valence electrons. The Labute approximate surface area is 123 Å². The van der Waals surface area contributed by atoms with Gasteiger partial charge in [-0.05, 0) is 40.0 Å². The summed E-state index contributed by atoms with van der Waals surface area (Å²) in [5, 5.41) is 8.84. The van der Waals surface area contributed by atoms with Crippen molar-refractivity contribution in [1.82, 2.24) is 16.0 Å². The Morgan fingerprint density at radius 1 is 1.05 bits per heavy atom. The zero-order valence-corrected chi connectivity index (χ0v) is 13.8. The molecule has 0 fully saturated rings. The molecule has 0 aliphatic rings. The van der Waals surface area contributed by atoms with E-state index in [1.807, 2.05) is 27.7 Å². The average molecular weight is 285 g/mol. The van der Waals surface area contributed by atoms with Gasteiger partial charge in [0.1, 0.15) is 0 Å². The summed E-state index contributed by atoms with van der Waals surface area (Å²) in [4.78, 5) is 23.4. The Bertz CT molecular complexity index is 309. The van der Waals surface area contributed by atoms with Crippen LogP contribution < -0.4 is 16.0 Å². The van der Waals surface area contributed by atoms with Gasteiger partial charge >= 0.3 is 0 Å². The van der Waals surface area contributed by atoms with Crippen molar-refractivity contribution in [2.45, 2.75) is 66.0 Å². The van der Waals surface area contributed by atoms with Crippen LogP contribution in [0.15, 0.2) is 0 Å². The molecule has 0 spiro atoms. The lowest BCUT2D eigenvalue weighted by atomic mass is 10.1. The molecule has 5 heteroatoms. The third-order valence-corrected chi connectivity index (χ3v) is 2.73. The summed E-state index contributed by atoms with van der Waals surface area (Å²) in [5.74, 6) is 0.568. The summed E-state index contributed by atoms with van der Waals surface area (Å²) in [6.07, 6.45) is 1.35. The highest BCUT2D eigenvalue weighted by Crippen LogP contribution is 1.99. The quantitative estimate of drug-likeness (QED) is 0.632. The second-order valence-electron chi connectivity index (χ2n) is 6.70. The fraction of sp³-hybridized carbons (Fsp3) is 0.867. The standard InChI is InChI=1S/C15H31N3O2/c1-11(2)7-9-17-14(20)12(3)16-10-8-13(19)18-15(4,5)6/h11-12,16H,7-10H2,1-6H3,(H,17,20)(H,18,19). The van der Waals surface area contributed by atoms with Crippen molar-refractivity contribution < 1.29 is 9.59 Å². The van der Waals surface area contributed by atoms with Gasteiger partial charge in [-0.15, -0.1) is 0 Å². The van der Waals surface area contributed by atoms with Gasteiger partial charge in [0.15, 0.2) is 0 Å². The van der Waals surface area contributed by atoms with E-state index in [2.05, 4.69) is 29.8 Å². The van der Waals surface area contributed by atoms with Crippen molar-refractivity contribution >= 4 is 11.8 Å². The molecule has 1 unspecified atom stereocenters. The lowest BCUT2D eigenvalue weighted by Crippen LogP contribution is -2.45. The predicted molar refractivity (Wildman–Crippen MR) is 82.4 cm³/mol. The number of hydrogen-bond acceptors (Lipinski definition) is 3. The Morgan fingerprint density at radius 3 is 2.15 bits per heavy atom.